The van der Waals surface area contributed by atoms with Crippen LogP contribution >= 0.6 is 0 Å². The van der Waals surface area contributed by atoms with Gasteiger partial charge in [-0.2, -0.15) is 0 Å². The minimum Gasteiger partial charge on any atom is -0.348 e. The van der Waals surface area contributed by atoms with Gasteiger partial charge in [0.2, 0.25) is 0 Å². The number of hydrogen-bond acceptors (Lipinski definition) is 2. The highest BCUT2D eigenvalue weighted by Crippen LogP contribution is 2.43. The van der Waals surface area contributed by atoms with Crippen LogP contribution in [0.4, 0.5) is 0 Å². The molecule has 0 atom stereocenters. The summed E-state index contributed by atoms with van der Waals surface area (Å²) in [5, 5.41) is 3.54. The van der Waals surface area contributed by atoms with E-state index in [0.717, 1.165) is 18.8 Å². The van der Waals surface area contributed by atoms with Gasteiger partial charge in [-0.25, -0.2) is 4.98 Å². The van der Waals surface area contributed by atoms with E-state index in [1.54, 1.807) is 6.33 Å². The fraction of sp³-hybridized carbons (Fsp3) is 0.750. The van der Waals surface area contributed by atoms with Crippen molar-refractivity contribution in [2.75, 3.05) is 6.54 Å². The third kappa shape index (κ3) is 2.23. The molecule has 84 valence electrons. The Hall–Kier alpha value is -0.830. The lowest BCUT2D eigenvalue weighted by molar-refractivity contribution is 0.123. The summed E-state index contributed by atoms with van der Waals surface area (Å²) in [6.07, 6.45) is 7.29. The number of aromatic nitrogens is 2. The fourth-order valence-corrected chi connectivity index (χ4v) is 2.34. The van der Waals surface area contributed by atoms with Crippen LogP contribution in [0.1, 0.15) is 44.0 Å². The highest BCUT2D eigenvalue weighted by atomic mass is 15.0. The zero-order valence-corrected chi connectivity index (χ0v) is 9.77. The molecule has 1 aromatic rings. The van der Waals surface area contributed by atoms with Crippen LogP contribution < -0.4 is 5.32 Å². The van der Waals surface area contributed by atoms with Gasteiger partial charge >= 0.3 is 0 Å². The van der Waals surface area contributed by atoms with Crippen LogP contribution in [0.3, 0.4) is 0 Å². The maximum Gasteiger partial charge on any atom is 0.0925 e. The first-order chi connectivity index (χ1) is 7.26. The summed E-state index contributed by atoms with van der Waals surface area (Å²) >= 11 is 0. The number of aromatic amines is 1. The van der Waals surface area contributed by atoms with Crippen molar-refractivity contribution in [1.82, 2.24) is 15.3 Å². The molecule has 1 aromatic heterocycles. The first kappa shape index (κ1) is 10.7. The molecule has 1 saturated carbocycles. The van der Waals surface area contributed by atoms with Crippen molar-refractivity contribution in [1.29, 1.82) is 0 Å². The van der Waals surface area contributed by atoms with E-state index in [0.29, 0.717) is 5.41 Å². The largest absolute Gasteiger partial charge is 0.348 e. The topological polar surface area (TPSA) is 40.7 Å². The summed E-state index contributed by atoms with van der Waals surface area (Å²) in [5.41, 5.74) is 2.94. The Morgan fingerprint density at radius 2 is 2.33 bits per heavy atom. The number of nitrogens with zero attached hydrogens (tertiary/aromatic N) is 1. The van der Waals surface area contributed by atoms with Crippen LogP contribution in [0.2, 0.25) is 0 Å². The van der Waals surface area contributed by atoms with Gasteiger partial charge in [0.25, 0.3) is 0 Å². The summed E-state index contributed by atoms with van der Waals surface area (Å²) in [7, 11) is 0. The molecule has 3 nitrogen and oxygen atoms in total. The molecule has 1 fully saturated rings. The lowest BCUT2D eigenvalue weighted by atomic mass is 9.67. The van der Waals surface area contributed by atoms with Crippen molar-refractivity contribution in [3.05, 3.63) is 17.7 Å². The van der Waals surface area contributed by atoms with Gasteiger partial charge in [0.15, 0.2) is 0 Å². The summed E-state index contributed by atoms with van der Waals surface area (Å²) in [5.74, 6) is 0. The van der Waals surface area contributed by atoms with E-state index in [4.69, 9.17) is 0 Å². The second-order valence-corrected chi connectivity index (χ2v) is 4.78. The monoisotopic (exact) mass is 207 g/mol. The summed E-state index contributed by atoms with van der Waals surface area (Å²) in [4.78, 5) is 7.39. The van der Waals surface area contributed by atoms with Crippen LogP contribution in [0.5, 0.6) is 0 Å². The van der Waals surface area contributed by atoms with Crippen molar-refractivity contribution in [3.8, 4) is 0 Å². The zero-order valence-electron chi connectivity index (χ0n) is 9.77. The average molecular weight is 207 g/mol. The van der Waals surface area contributed by atoms with E-state index in [1.807, 2.05) is 0 Å². The second kappa shape index (κ2) is 4.35. The van der Waals surface area contributed by atoms with Crippen LogP contribution in [0.25, 0.3) is 0 Å². The highest BCUT2D eigenvalue weighted by molar-refractivity contribution is 5.08. The smallest absolute Gasteiger partial charge is 0.0925 e. The molecule has 0 saturated heterocycles. The summed E-state index contributed by atoms with van der Waals surface area (Å²) < 4.78 is 0. The van der Waals surface area contributed by atoms with Crippen LogP contribution in [-0.2, 0) is 6.54 Å². The van der Waals surface area contributed by atoms with Crippen molar-refractivity contribution >= 4 is 0 Å². The standard InChI is InChI=1S/C12H21N3/c1-3-12(5-4-6-12)8-13-7-11-10(2)14-9-15-11/h9,13H,3-8H2,1-2H3,(H,14,15). The molecule has 1 aliphatic carbocycles. The number of aryl methyl sites for hydroxylation is 1. The normalized spacial score (nSPS) is 18.8. The first-order valence-corrected chi connectivity index (χ1v) is 5.95. The molecule has 0 spiro atoms. The van der Waals surface area contributed by atoms with Gasteiger partial charge < -0.3 is 10.3 Å². The van der Waals surface area contributed by atoms with E-state index < -0.39 is 0 Å². The molecule has 0 aromatic carbocycles. The van der Waals surface area contributed by atoms with Crippen molar-refractivity contribution in [2.24, 2.45) is 5.41 Å². The van der Waals surface area contributed by atoms with E-state index in [-0.39, 0.29) is 0 Å². The maximum atomic E-state index is 4.29. The van der Waals surface area contributed by atoms with E-state index in [2.05, 4.69) is 29.1 Å². The number of hydrogen-bond donors (Lipinski definition) is 2. The lowest BCUT2D eigenvalue weighted by Gasteiger charge is -2.41. The SMILES string of the molecule is CCC1(CNCc2nc[nH]c2C)CCC1. The number of nitrogens with one attached hydrogen (secondary N) is 2. The molecule has 2 N–H and O–H groups in total. The van der Waals surface area contributed by atoms with Gasteiger partial charge in [0, 0.05) is 18.8 Å². The van der Waals surface area contributed by atoms with E-state index >= 15 is 0 Å². The Balaban J connectivity index is 1.77. The molecule has 0 unspecified atom stereocenters. The van der Waals surface area contributed by atoms with E-state index in [1.165, 1.54) is 31.4 Å². The average Bonchev–Trinajstić information content (AvgIpc) is 2.57. The molecular weight excluding hydrogens is 186 g/mol. The molecular formula is C12H21N3. The molecule has 1 heterocycles. The van der Waals surface area contributed by atoms with Gasteiger partial charge in [-0.1, -0.05) is 13.3 Å². The maximum absolute atomic E-state index is 4.29. The minimum atomic E-state index is 0.601. The predicted molar refractivity (Wildman–Crippen MR) is 61.6 cm³/mol. The Labute approximate surface area is 91.7 Å². The first-order valence-electron chi connectivity index (χ1n) is 5.95. The summed E-state index contributed by atoms with van der Waals surface area (Å²) in [6, 6.07) is 0. The van der Waals surface area contributed by atoms with Crippen LogP contribution in [0, 0.1) is 12.3 Å². The summed E-state index contributed by atoms with van der Waals surface area (Å²) in [6.45, 7) is 6.43. The Kier molecular flexibility index (Phi) is 3.10. The number of imidazole rings is 1. The molecule has 0 amide bonds. The van der Waals surface area contributed by atoms with Gasteiger partial charge in [-0.3, -0.25) is 0 Å². The quantitative estimate of drug-likeness (QED) is 0.778. The predicted octanol–water partition coefficient (Wildman–Crippen LogP) is 2.39. The third-order valence-electron chi connectivity index (χ3n) is 3.89. The van der Waals surface area contributed by atoms with Gasteiger partial charge in [-0.15, -0.1) is 0 Å². The van der Waals surface area contributed by atoms with Crippen molar-refractivity contribution in [3.63, 3.8) is 0 Å². The van der Waals surface area contributed by atoms with Crippen LogP contribution in [0.15, 0.2) is 6.33 Å². The van der Waals surface area contributed by atoms with Crippen LogP contribution in [-0.4, -0.2) is 16.5 Å². The van der Waals surface area contributed by atoms with Gasteiger partial charge in [-0.05, 0) is 31.6 Å². The third-order valence-corrected chi connectivity index (χ3v) is 3.89. The number of H-pyrrole nitrogens is 1. The zero-order chi connectivity index (χ0) is 10.7. The molecule has 0 radical (unpaired) electrons. The van der Waals surface area contributed by atoms with Gasteiger partial charge in [0.1, 0.15) is 0 Å². The Bertz CT molecular complexity index is 307. The van der Waals surface area contributed by atoms with Crippen molar-refractivity contribution in [2.45, 2.75) is 46.1 Å². The molecule has 0 aliphatic heterocycles. The number of rotatable bonds is 5. The Morgan fingerprint density at radius 3 is 2.80 bits per heavy atom. The Morgan fingerprint density at radius 1 is 1.53 bits per heavy atom. The molecule has 0 bridgehead atoms. The fourth-order valence-electron chi connectivity index (χ4n) is 2.34. The minimum absolute atomic E-state index is 0.601. The molecule has 3 heteroatoms. The van der Waals surface area contributed by atoms with Gasteiger partial charge in [0.05, 0.1) is 12.0 Å². The van der Waals surface area contributed by atoms with E-state index in [9.17, 15) is 0 Å². The highest BCUT2D eigenvalue weighted by Gasteiger charge is 2.34. The molecule has 2 rings (SSSR count). The van der Waals surface area contributed by atoms with Crippen molar-refractivity contribution < 1.29 is 0 Å². The molecule has 1 aliphatic rings. The lowest BCUT2D eigenvalue weighted by Crippen LogP contribution is -2.39. The second-order valence-electron chi connectivity index (χ2n) is 4.78. The molecule has 15 heavy (non-hydrogen) atoms.